The Bertz CT molecular complexity index is 875. The predicted molar refractivity (Wildman–Crippen MR) is 104 cm³/mol. The first-order valence-corrected chi connectivity index (χ1v) is 9.55. The number of carbonyl (C=O) groups excluding carboxylic acids is 1. The lowest BCUT2D eigenvalue weighted by Crippen LogP contribution is -2.40. The minimum absolute atomic E-state index is 0.0172. The number of nitrogens with zero attached hydrogens (tertiary/aromatic N) is 2. The van der Waals surface area contributed by atoms with E-state index >= 15 is 0 Å². The molecule has 1 amide bonds. The lowest BCUT2D eigenvalue weighted by Gasteiger charge is -2.36. The highest BCUT2D eigenvalue weighted by atomic mass is 16.5. The van der Waals surface area contributed by atoms with Crippen LogP contribution in [0.1, 0.15) is 54.9 Å². The number of hydrogen-bond acceptors (Lipinski definition) is 4. The number of likely N-dealkylation sites (tertiary alicyclic amines) is 1. The molecule has 3 rings (SSSR count). The molecule has 27 heavy (non-hydrogen) atoms. The van der Waals surface area contributed by atoms with Crippen LogP contribution in [0.15, 0.2) is 29.1 Å². The van der Waals surface area contributed by atoms with Crippen LogP contribution in [0.25, 0.3) is 0 Å². The van der Waals surface area contributed by atoms with Crippen molar-refractivity contribution in [2.75, 3.05) is 13.7 Å². The van der Waals surface area contributed by atoms with Crippen LogP contribution in [0, 0.1) is 6.92 Å². The maximum atomic E-state index is 13.1. The largest absolute Gasteiger partial charge is 0.497 e. The molecule has 1 N–H and O–H groups in total. The van der Waals surface area contributed by atoms with Crippen molar-refractivity contribution in [1.29, 1.82) is 0 Å². The summed E-state index contributed by atoms with van der Waals surface area (Å²) in [5.74, 6) is 1.42. The van der Waals surface area contributed by atoms with Crippen LogP contribution in [0.3, 0.4) is 0 Å². The quantitative estimate of drug-likeness (QED) is 0.879. The Labute approximate surface area is 159 Å². The fraction of sp³-hybridized carbons (Fsp3) is 0.476. The molecular weight excluding hydrogens is 342 g/mol. The van der Waals surface area contributed by atoms with E-state index in [1.165, 1.54) is 0 Å². The van der Waals surface area contributed by atoms with Crippen molar-refractivity contribution in [2.24, 2.45) is 0 Å². The number of H-pyrrole nitrogens is 1. The molecule has 0 saturated carbocycles. The molecule has 1 fully saturated rings. The van der Waals surface area contributed by atoms with Gasteiger partial charge in [0.05, 0.1) is 19.6 Å². The summed E-state index contributed by atoms with van der Waals surface area (Å²) in [5.41, 5.74) is 1.97. The Morgan fingerprint density at radius 2 is 2.19 bits per heavy atom. The number of amides is 1. The first-order valence-electron chi connectivity index (χ1n) is 9.55. The zero-order chi connectivity index (χ0) is 19.4. The van der Waals surface area contributed by atoms with Gasteiger partial charge in [-0.15, -0.1) is 0 Å². The van der Waals surface area contributed by atoms with Crippen molar-refractivity contribution in [3.63, 3.8) is 0 Å². The Morgan fingerprint density at radius 1 is 1.37 bits per heavy atom. The summed E-state index contributed by atoms with van der Waals surface area (Å²) in [6, 6.07) is 7.90. The monoisotopic (exact) mass is 369 g/mol. The van der Waals surface area contributed by atoms with Gasteiger partial charge in [-0.1, -0.05) is 19.1 Å². The number of aryl methyl sites for hydroxylation is 2. The second-order valence-electron chi connectivity index (χ2n) is 6.98. The summed E-state index contributed by atoms with van der Waals surface area (Å²) < 4.78 is 5.33. The molecule has 2 aromatic rings. The number of hydrogen-bond donors (Lipinski definition) is 1. The average molecular weight is 369 g/mol. The molecule has 1 aliphatic rings. The van der Waals surface area contributed by atoms with Gasteiger partial charge < -0.3 is 14.6 Å². The van der Waals surface area contributed by atoms with Gasteiger partial charge in [0.1, 0.15) is 11.6 Å². The van der Waals surface area contributed by atoms with E-state index in [9.17, 15) is 9.59 Å². The SMILES string of the molecule is CCc1nc(C)c(CC(=O)N2CCCC[C@@H]2c2cccc(OC)c2)c(=O)[nH]1. The second kappa shape index (κ2) is 8.37. The molecule has 0 bridgehead atoms. The fourth-order valence-electron chi connectivity index (χ4n) is 3.72. The highest BCUT2D eigenvalue weighted by molar-refractivity contribution is 5.79. The van der Waals surface area contributed by atoms with Gasteiger partial charge in [-0.3, -0.25) is 9.59 Å². The van der Waals surface area contributed by atoms with Crippen LogP contribution in [-0.4, -0.2) is 34.4 Å². The number of aromatic amines is 1. The van der Waals surface area contributed by atoms with E-state index in [0.717, 1.165) is 30.6 Å². The first kappa shape index (κ1) is 19.1. The van der Waals surface area contributed by atoms with Crippen molar-refractivity contribution in [3.05, 3.63) is 57.3 Å². The van der Waals surface area contributed by atoms with Crippen LogP contribution >= 0.6 is 0 Å². The Kier molecular flexibility index (Phi) is 5.94. The Balaban J connectivity index is 1.85. The molecule has 0 spiro atoms. The summed E-state index contributed by atoms with van der Waals surface area (Å²) >= 11 is 0. The number of nitrogens with one attached hydrogen (secondary N) is 1. The standard InChI is InChI=1S/C21H27N3O3/c1-4-19-22-14(2)17(21(26)23-19)13-20(25)24-11-6-5-10-18(24)15-8-7-9-16(12-15)27-3/h7-9,12,18H,4-6,10-11,13H2,1-3H3,(H,22,23,26)/t18-/m1/s1. The van der Waals surface area contributed by atoms with Crippen molar-refractivity contribution in [1.82, 2.24) is 14.9 Å². The molecule has 1 saturated heterocycles. The van der Waals surface area contributed by atoms with E-state index in [1.54, 1.807) is 14.0 Å². The molecule has 0 unspecified atom stereocenters. The van der Waals surface area contributed by atoms with E-state index in [-0.39, 0.29) is 23.9 Å². The maximum Gasteiger partial charge on any atom is 0.254 e. The van der Waals surface area contributed by atoms with Gasteiger partial charge in [0.25, 0.3) is 5.56 Å². The van der Waals surface area contributed by atoms with Crippen molar-refractivity contribution >= 4 is 5.91 Å². The van der Waals surface area contributed by atoms with E-state index < -0.39 is 0 Å². The van der Waals surface area contributed by atoms with Crippen molar-refractivity contribution < 1.29 is 9.53 Å². The Morgan fingerprint density at radius 3 is 2.89 bits per heavy atom. The summed E-state index contributed by atoms with van der Waals surface area (Å²) in [6.45, 7) is 4.44. The molecule has 6 nitrogen and oxygen atoms in total. The minimum atomic E-state index is -0.206. The number of ether oxygens (including phenoxy) is 1. The third-order valence-corrected chi connectivity index (χ3v) is 5.24. The molecule has 1 aromatic carbocycles. The van der Waals surface area contributed by atoms with Crippen molar-refractivity contribution in [2.45, 2.75) is 52.0 Å². The third-order valence-electron chi connectivity index (χ3n) is 5.24. The van der Waals surface area contributed by atoms with Gasteiger partial charge in [-0.05, 0) is 43.9 Å². The molecule has 1 atom stereocenters. The number of benzene rings is 1. The molecule has 1 aliphatic heterocycles. The molecule has 144 valence electrons. The zero-order valence-corrected chi connectivity index (χ0v) is 16.2. The zero-order valence-electron chi connectivity index (χ0n) is 16.2. The van der Waals surface area contributed by atoms with Gasteiger partial charge in [0, 0.05) is 24.2 Å². The van der Waals surface area contributed by atoms with E-state index in [1.807, 2.05) is 36.1 Å². The Hall–Kier alpha value is -2.63. The topological polar surface area (TPSA) is 75.3 Å². The summed E-state index contributed by atoms with van der Waals surface area (Å²) in [6.07, 6.45) is 3.72. The van der Waals surface area contributed by atoms with Crippen LogP contribution < -0.4 is 10.3 Å². The lowest BCUT2D eigenvalue weighted by atomic mass is 9.94. The molecular formula is C21H27N3O3. The third kappa shape index (κ3) is 4.21. The average Bonchev–Trinajstić information content (AvgIpc) is 2.70. The molecule has 6 heteroatoms. The summed E-state index contributed by atoms with van der Waals surface area (Å²) in [5, 5.41) is 0. The number of piperidine rings is 1. The second-order valence-corrected chi connectivity index (χ2v) is 6.98. The van der Waals surface area contributed by atoms with Crippen LogP contribution in [-0.2, 0) is 17.6 Å². The summed E-state index contributed by atoms with van der Waals surface area (Å²) in [7, 11) is 1.64. The minimum Gasteiger partial charge on any atom is -0.497 e. The van der Waals surface area contributed by atoms with Crippen LogP contribution in [0.4, 0.5) is 0 Å². The molecule has 0 aliphatic carbocycles. The highest BCUT2D eigenvalue weighted by Gasteiger charge is 2.29. The normalized spacial score (nSPS) is 17.0. The van der Waals surface area contributed by atoms with E-state index in [0.29, 0.717) is 30.0 Å². The molecule has 2 heterocycles. The summed E-state index contributed by atoms with van der Waals surface area (Å²) in [4.78, 5) is 34.6. The van der Waals surface area contributed by atoms with Gasteiger partial charge in [-0.25, -0.2) is 4.98 Å². The van der Waals surface area contributed by atoms with Crippen molar-refractivity contribution in [3.8, 4) is 5.75 Å². The number of carbonyl (C=O) groups is 1. The smallest absolute Gasteiger partial charge is 0.254 e. The van der Waals surface area contributed by atoms with Crippen LogP contribution in [0.2, 0.25) is 0 Å². The van der Waals surface area contributed by atoms with Gasteiger partial charge in [0.15, 0.2) is 0 Å². The predicted octanol–water partition coefficient (Wildman–Crippen LogP) is 2.95. The first-order chi connectivity index (χ1) is 13.0. The number of rotatable bonds is 5. The van der Waals surface area contributed by atoms with E-state index in [4.69, 9.17) is 4.74 Å². The molecule has 1 aromatic heterocycles. The number of methoxy groups -OCH3 is 1. The number of aromatic nitrogens is 2. The van der Waals surface area contributed by atoms with Gasteiger partial charge in [0.2, 0.25) is 5.91 Å². The van der Waals surface area contributed by atoms with Gasteiger partial charge in [-0.2, -0.15) is 0 Å². The van der Waals surface area contributed by atoms with Crippen LogP contribution in [0.5, 0.6) is 5.75 Å². The fourth-order valence-corrected chi connectivity index (χ4v) is 3.72. The van der Waals surface area contributed by atoms with E-state index in [2.05, 4.69) is 9.97 Å². The molecule has 0 radical (unpaired) electrons. The lowest BCUT2D eigenvalue weighted by molar-refractivity contribution is -0.134. The highest BCUT2D eigenvalue weighted by Crippen LogP contribution is 2.33. The van der Waals surface area contributed by atoms with Gasteiger partial charge >= 0.3 is 0 Å². The maximum absolute atomic E-state index is 13.1.